The van der Waals surface area contributed by atoms with E-state index in [1.165, 1.54) is 18.2 Å². The van der Waals surface area contributed by atoms with Crippen LogP contribution >= 0.6 is 0 Å². The van der Waals surface area contributed by atoms with E-state index in [1.54, 1.807) is 10.7 Å². The smallest absolute Gasteiger partial charge is 0.356 e. The Kier molecular flexibility index (Phi) is 2.70. The first kappa shape index (κ1) is 11.7. The number of fused-ring (bicyclic) bond motifs is 1. The van der Waals surface area contributed by atoms with Crippen molar-refractivity contribution in [2.45, 2.75) is 12.5 Å². The number of anilines is 1. The minimum Gasteiger partial charge on any atom is -0.476 e. The molecular weight excluding hydrogens is 249 g/mol. The second-order valence-electron chi connectivity index (χ2n) is 4.45. The van der Waals surface area contributed by atoms with Crippen LogP contribution in [-0.4, -0.2) is 27.4 Å². The molecule has 5 nitrogen and oxygen atoms in total. The van der Waals surface area contributed by atoms with Gasteiger partial charge in [-0.25, -0.2) is 13.9 Å². The molecule has 0 spiro atoms. The Morgan fingerprint density at radius 1 is 1.47 bits per heavy atom. The molecule has 6 heteroatoms. The summed E-state index contributed by atoms with van der Waals surface area (Å²) in [7, 11) is 0. The Morgan fingerprint density at radius 3 is 3.05 bits per heavy atom. The Hall–Kier alpha value is -2.37. The third kappa shape index (κ3) is 2.05. The van der Waals surface area contributed by atoms with Gasteiger partial charge in [0, 0.05) is 12.6 Å². The van der Waals surface area contributed by atoms with Crippen molar-refractivity contribution in [1.82, 2.24) is 9.78 Å². The minimum atomic E-state index is -1.07. The number of nitrogens with zero attached hydrogens (tertiary/aromatic N) is 2. The molecule has 2 heterocycles. The molecule has 0 fully saturated rings. The van der Waals surface area contributed by atoms with Gasteiger partial charge in [-0.2, -0.15) is 5.10 Å². The molecule has 0 radical (unpaired) electrons. The Balaban J connectivity index is 2.04. The fourth-order valence-electron chi connectivity index (χ4n) is 2.35. The molecule has 19 heavy (non-hydrogen) atoms. The maximum atomic E-state index is 13.3. The van der Waals surface area contributed by atoms with Gasteiger partial charge < -0.3 is 10.4 Å². The van der Waals surface area contributed by atoms with Crippen LogP contribution in [0, 0.1) is 5.82 Å². The molecule has 1 atom stereocenters. The molecule has 0 saturated carbocycles. The molecule has 1 aromatic heterocycles. The molecule has 0 amide bonds. The second kappa shape index (κ2) is 4.38. The van der Waals surface area contributed by atoms with Gasteiger partial charge in [-0.15, -0.1) is 0 Å². The average molecular weight is 261 g/mol. The number of benzene rings is 1. The highest BCUT2D eigenvalue weighted by molar-refractivity contribution is 5.86. The van der Waals surface area contributed by atoms with Gasteiger partial charge in [0.1, 0.15) is 11.6 Å². The third-order valence-electron chi connectivity index (χ3n) is 3.21. The summed E-state index contributed by atoms with van der Waals surface area (Å²) in [4.78, 5) is 11.0. The van der Waals surface area contributed by atoms with Crippen LogP contribution in [0.5, 0.6) is 0 Å². The fourth-order valence-corrected chi connectivity index (χ4v) is 2.35. The highest BCUT2D eigenvalue weighted by Gasteiger charge is 2.24. The van der Waals surface area contributed by atoms with Gasteiger partial charge in [-0.05, 0) is 24.1 Å². The lowest BCUT2D eigenvalue weighted by Crippen LogP contribution is -2.24. The zero-order valence-electron chi connectivity index (χ0n) is 10.0. The van der Waals surface area contributed by atoms with Gasteiger partial charge >= 0.3 is 5.97 Å². The van der Waals surface area contributed by atoms with Gasteiger partial charge in [0.05, 0.1) is 6.04 Å². The molecule has 0 saturated heterocycles. The molecule has 1 aliphatic heterocycles. The van der Waals surface area contributed by atoms with Crippen LogP contribution in [-0.2, 0) is 0 Å². The van der Waals surface area contributed by atoms with Crippen molar-refractivity contribution in [3.63, 3.8) is 0 Å². The highest BCUT2D eigenvalue weighted by atomic mass is 19.1. The molecule has 0 aliphatic carbocycles. The Bertz CT molecular complexity index is 639. The lowest BCUT2D eigenvalue weighted by atomic mass is 10.0. The monoisotopic (exact) mass is 261 g/mol. The quantitative estimate of drug-likeness (QED) is 0.869. The first-order chi connectivity index (χ1) is 9.15. The first-order valence-electron chi connectivity index (χ1n) is 5.97. The summed E-state index contributed by atoms with van der Waals surface area (Å²) >= 11 is 0. The number of aromatic carboxylic acids is 1. The number of hydrogen-bond donors (Lipinski definition) is 2. The Morgan fingerprint density at radius 2 is 2.32 bits per heavy atom. The van der Waals surface area contributed by atoms with Gasteiger partial charge in [0.2, 0.25) is 0 Å². The zero-order chi connectivity index (χ0) is 13.4. The van der Waals surface area contributed by atoms with E-state index < -0.39 is 5.97 Å². The average Bonchev–Trinajstić information content (AvgIpc) is 2.82. The van der Waals surface area contributed by atoms with Crippen LogP contribution in [0.15, 0.2) is 30.3 Å². The molecule has 1 unspecified atom stereocenters. The van der Waals surface area contributed by atoms with E-state index in [0.29, 0.717) is 12.4 Å². The zero-order valence-corrected chi connectivity index (χ0v) is 10.0. The normalized spacial score (nSPS) is 17.6. The largest absolute Gasteiger partial charge is 0.476 e. The molecule has 1 aliphatic rings. The number of rotatable bonds is 2. The number of halogens is 1. The lowest BCUT2D eigenvalue weighted by Gasteiger charge is -2.25. The number of carboxylic acid groups (broad SMARTS) is 1. The van der Waals surface area contributed by atoms with Gasteiger partial charge in [0.25, 0.3) is 0 Å². The van der Waals surface area contributed by atoms with E-state index in [9.17, 15) is 9.18 Å². The third-order valence-corrected chi connectivity index (χ3v) is 3.21. The lowest BCUT2D eigenvalue weighted by molar-refractivity contribution is 0.0689. The predicted molar refractivity (Wildman–Crippen MR) is 66.8 cm³/mol. The van der Waals surface area contributed by atoms with Gasteiger partial charge in [0.15, 0.2) is 5.69 Å². The molecule has 2 N–H and O–H groups in total. The van der Waals surface area contributed by atoms with Crippen LogP contribution < -0.4 is 5.32 Å². The van der Waals surface area contributed by atoms with Crippen molar-refractivity contribution in [2.75, 3.05) is 11.9 Å². The van der Waals surface area contributed by atoms with Crippen molar-refractivity contribution in [1.29, 1.82) is 0 Å². The summed E-state index contributed by atoms with van der Waals surface area (Å²) in [6.07, 6.45) is 0.733. The van der Waals surface area contributed by atoms with Crippen molar-refractivity contribution in [2.24, 2.45) is 0 Å². The van der Waals surface area contributed by atoms with E-state index in [4.69, 9.17) is 5.11 Å². The first-order valence-corrected chi connectivity index (χ1v) is 5.97. The van der Waals surface area contributed by atoms with Crippen molar-refractivity contribution in [3.05, 3.63) is 47.4 Å². The van der Waals surface area contributed by atoms with E-state index >= 15 is 0 Å². The number of carboxylic acids is 1. The maximum Gasteiger partial charge on any atom is 0.356 e. The summed E-state index contributed by atoms with van der Waals surface area (Å²) in [6, 6.07) is 7.67. The van der Waals surface area contributed by atoms with Crippen molar-refractivity contribution >= 4 is 11.8 Å². The summed E-state index contributed by atoms with van der Waals surface area (Å²) in [5, 5.41) is 16.1. The fraction of sp³-hybridized carbons (Fsp3) is 0.231. The predicted octanol–water partition coefficient (Wildman–Crippen LogP) is 2.13. The molecule has 1 aromatic carbocycles. The summed E-state index contributed by atoms with van der Waals surface area (Å²) < 4.78 is 14.9. The van der Waals surface area contributed by atoms with Gasteiger partial charge in [-0.1, -0.05) is 12.1 Å². The number of carbonyl (C=O) groups is 1. The molecule has 2 aromatic rings. The molecular formula is C13H12FN3O2. The number of nitrogens with one attached hydrogen (secondary N) is 1. The Labute approximate surface area is 108 Å². The summed E-state index contributed by atoms with van der Waals surface area (Å²) in [5.41, 5.74) is 0.786. The SMILES string of the molecule is O=C(O)c1cc2n(n1)C(c1cccc(F)c1)CCN2. The van der Waals surface area contributed by atoms with Crippen molar-refractivity contribution in [3.8, 4) is 0 Å². The van der Waals surface area contributed by atoms with Crippen LogP contribution in [0.1, 0.15) is 28.5 Å². The number of hydrogen-bond acceptors (Lipinski definition) is 3. The molecule has 0 bridgehead atoms. The van der Waals surface area contributed by atoms with Crippen LogP contribution in [0.2, 0.25) is 0 Å². The maximum absolute atomic E-state index is 13.3. The van der Waals surface area contributed by atoms with E-state index in [-0.39, 0.29) is 17.6 Å². The van der Waals surface area contributed by atoms with E-state index in [2.05, 4.69) is 10.4 Å². The van der Waals surface area contributed by atoms with Crippen molar-refractivity contribution < 1.29 is 14.3 Å². The number of aromatic nitrogens is 2. The van der Waals surface area contributed by atoms with Crippen LogP contribution in [0.4, 0.5) is 10.2 Å². The van der Waals surface area contributed by atoms with Crippen LogP contribution in [0.25, 0.3) is 0 Å². The van der Waals surface area contributed by atoms with Gasteiger partial charge in [-0.3, -0.25) is 0 Å². The minimum absolute atomic E-state index is 0.00852. The van der Waals surface area contributed by atoms with Crippen LogP contribution in [0.3, 0.4) is 0 Å². The van der Waals surface area contributed by atoms with E-state index in [1.807, 2.05) is 6.07 Å². The summed E-state index contributed by atoms with van der Waals surface area (Å²) in [6.45, 7) is 0.700. The second-order valence-corrected chi connectivity index (χ2v) is 4.45. The summed E-state index contributed by atoms with van der Waals surface area (Å²) in [5.74, 6) is -0.720. The molecule has 98 valence electrons. The standard InChI is InChI=1S/C13H12FN3O2/c14-9-3-1-2-8(6-9)11-4-5-15-12-7-10(13(18)19)16-17(11)12/h1-3,6-7,11,15H,4-5H2,(H,18,19). The topological polar surface area (TPSA) is 67.1 Å². The van der Waals surface area contributed by atoms with E-state index in [0.717, 1.165) is 12.0 Å². The molecule has 3 rings (SSSR count). The highest BCUT2D eigenvalue weighted by Crippen LogP contribution is 2.30.